The third kappa shape index (κ3) is 9.53. The van der Waals surface area contributed by atoms with Gasteiger partial charge in [-0.25, -0.2) is 0 Å². The molecule has 1 fully saturated rings. The molecular weight excluding hydrogens is 522 g/mol. The molecule has 41 heavy (non-hydrogen) atoms. The van der Waals surface area contributed by atoms with Crippen LogP contribution >= 0.6 is 0 Å². The predicted octanol–water partition coefficient (Wildman–Crippen LogP) is 1.55. The van der Waals surface area contributed by atoms with E-state index in [-0.39, 0.29) is 6.42 Å². The summed E-state index contributed by atoms with van der Waals surface area (Å²) >= 11 is 0. The molecule has 0 spiro atoms. The van der Waals surface area contributed by atoms with Crippen molar-refractivity contribution in [2.45, 2.75) is 57.7 Å². The summed E-state index contributed by atoms with van der Waals surface area (Å²) < 4.78 is 0. The first-order valence-corrected chi connectivity index (χ1v) is 14.2. The zero-order chi connectivity index (χ0) is 29.8. The van der Waals surface area contributed by atoms with Crippen LogP contribution in [0.4, 0.5) is 0 Å². The molecule has 0 aliphatic carbocycles. The number of nitrogens with one attached hydrogen (secondary N) is 3. The van der Waals surface area contributed by atoms with E-state index >= 15 is 0 Å². The van der Waals surface area contributed by atoms with Crippen LogP contribution in [0.5, 0.6) is 0 Å². The number of piperazine rings is 1. The van der Waals surface area contributed by atoms with Crippen molar-refractivity contribution in [1.82, 2.24) is 25.8 Å². The number of carbonyl (C=O) groups is 5. The predicted molar refractivity (Wildman–Crippen MR) is 156 cm³/mol. The number of nitrogens with zero attached hydrogens (tertiary/aromatic N) is 2. The number of amides is 4. The Balaban J connectivity index is 1.66. The third-order valence-corrected chi connectivity index (χ3v) is 7.17. The van der Waals surface area contributed by atoms with Crippen molar-refractivity contribution in [2.24, 2.45) is 0 Å². The maximum absolute atomic E-state index is 13.3. The summed E-state index contributed by atoms with van der Waals surface area (Å²) in [5.74, 6) is -2.77. The standard InChI is InChI=1S/C31H41N5O5/c1-4-5-16-25(27(37)31(41)36-19-17-35(3)18-20-36)33-28(38)22(2)32-30(40)26(21-23-12-8-6-9-13-23)34-29(39)24-14-10-7-11-15-24/h6-15,22,25-26H,4-5,16-21H2,1-3H3,(H,32,40)(H,33,38)(H,34,39)/t22-,25?,26-/m0/s1. The molecule has 1 aliphatic rings. The lowest BCUT2D eigenvalue weighted by molar-refractivity contribution is -0.147. The number of carbonyl (C=O) groups excluding carboxylic acids is 5. The fourth-order valence-corrected chi connectivity index (χ4v) is 4.56. The van der Waals surface area contributed by atoms with Gasteiger partial charge >= 0.3 is 0 Å². The molecular formula is C31H41N5O5. The fourth-order valence-electron chi connectivity index (χ4n) is 4.56. The number of hydrogen-bond acceptors (Lipinski definition) is 6. The van der Waals surface area contributed by atoms with Crippen molar-refractivity contribution in [2.75, 3.05) is 33.2 Å². The Hall–Kier alpha value is -4.05. The van der Waals surface area contributed by atoms with Gasteiger partial charge in [0.2, 0.25) is 17.6 Å². The Labute approximate surface area is 241 Å². The minimum Gasteiger partial charge on any atom is -0.344 e. The number of unbranched alkanes of at least 4 members (excludes halogenated alkanes) is 1. The zero-order valence-corrected chi connectivity index (χ0v) is 24.1. The van der Waals surface area contributed by atoms with Crippen LogP contribution in [-0.2, 0) is 25.6 Å². The largest absolute Gasteiger partial charge is 0.344 e. The second-order valence-corrected chi connectivity index (χ2v) is 10.5. The first-order chi connectivity index (χ1) is 19.7. The van der Waals surface area contributed by atoms with Crippen LogP contribution in [0.15, 0.2) is 60.7 Å². The highest BCUT2D eigenvalue weighted by molar-refractivity contribution is 6.38. The van der Waals surface area contributed by atoms with E-state index in [4.69, 9.17) is 0 Å². The molecule has 2 aromatic rings. The Bertz CT molecular complexity index is 1180. The van der Waals surface area contributed by atoms with Gasteiger partial charge in [-0.2, -0.15) is 0 Å². The van der Waals surface area contributed by atoms with Gasteiger partial charge in [-0.15, -0.1) is 0 Å². The number of likely N-dealkylation sites (N-methyl/N-ethyl adjacent to an activating group) is 1. The summed E-state index contributed by atoms with van der Waals surface area (Å²) in [6.07, 6.45) is 1.98. The van der Waals surface area contributed by atoms with Gasteiger partial charge in [-0.3, -0.25) is 24.0 Å². The summed E-state index contributed by atoms with van der Waals surface area (Å²) in [4.78, 5) is 69.0. The van der Waals surface area contributed by atoms with Gasteiger partial charge in [0.1, 0.15) is 12.1 Å². The highest BCUT2D eigenvalue weighted by Crippen LogP contribution is 2.09. The first kappa shape index (κ1) is 31.5. The monoisotopic (exact) mass is 563 g/mol. The molecule has 0 bridgehead atoms. The highest BCUT2D eigenvalue weighted by Gasteiger charge is 2.33. The van der Waals surface area contributed by atoms with Gasteiger partial charge in [0.15, 0.2) is 0 Å². The van der Waals surface area contributed by atoms with Crippen molar-refractivity contribution in [3.05, 3.63) is 71.8 Å². The first-order valence-electron chi connectivity index (χ1n) is 14.2. The Kier molecular flexibility index (Phi) is 12.0. The Morgan fingerprint density at radius 2 is 1.39 bits per heavy atom. The van der Waals surface area contributed by atoms with Gasteiger partial charge < -0.3 is 25.8 Å². The molecule has 10 heteroatoms. The van der Waals surface area contributed by atoms with Crippen LogP contribution in [-0.4, -0.2) is 90.6 Å². The topological polar surface area (TPSA) is 128 Å². The molecule has 1 saturated heterocycles. The molecule has 1 unspecified atom stereocenters. The zero-order valence-electron chi connectivity index (χ0n) is 24.1. The Morgan fingerprint density at radius 3 is 2.00 bits per heavy atom. The fraction of sp³-hybridized carbons (Fsp3) is 0.452. The molecule has 10 nitrogen and oxygen atoms in total. The molecule has 0 saturated carbocycles. The summed E-state index contributed by atoms with van der Waals surface area (Å²) in [5, 5.41) is 8.15. The SMILES string of the molecule is CCCCC(NC(=O)[C@H](C)NC(=O)[C@H](Cc1ccccc1)NC(=O)c1ccccc1)C(=O)C(=O)N1CCN(C)CC1. The summed E-state index contributed by atoms with van der Waals surface area (Å²) in [6, 6.07) is 14.9. The highest BCUT2D eigenvalue weighted by atomic mass is 16.2. The maximum Gasteiger partial charge on any atom is 0.292 e. The maximum atomic E-state index is 13.3. The van der Waals surface area contributed by atoms with E-state index in [0.717, 1.165) is 12.0 Å². The molecule has 3 N–H and O–H groups in total. The minimum absolute atomic E-state index is 0.219. The second kappa shape index (κ2) is 15.7. The van der Waals surface area contributed by atoms with E-state index in [1.54, 1.807) is 30.3 Å². The third-order valence-electron chi connectivity index (χ3n) is 7.17. The lowest BCUT2D eigenvalue weighted by Crippen LogP contribution is -2.57. The van der Waals surface area contributed by atoms with Gasteiger partial charge in [-0.1, -0.05) is 68.3 Å². The lowest BCUT2D eigenvalue weighted by Gasteiger charge is -2.32. The van der Waals surface area contributed by atoms with Crippen molar-refractivity contribution >= 4 is 29.4 Å². The molecule has 3 atom stereocenters. The molecule has 0 aromatic heterocycles. The summed E-state index contributed by atoms with van der Waals surface area (Å²) in [5.41, 5.74) is 1.25. The van der Waals surface area contributed by atoms with Gasteiger partial charge in [0, 0.05) is 38.2 Å². The van der Waals surface area contributed by atoms with E-state index < -0.39 is 47.5 Å². The van der Waals surface area contributed by atoms with Crippen LogP contribution in [0.1, 0.15) is 49.0 Å². The molecule has 1 heterocycles. The quantitative estimate of drug-likeness (QED) is 0.318. The van der Waals surface area contributed by atoms with Crippen molar-refractivity contribution in [3.8, 4) is 0 Å². The molecule has 4 amide bonds. The second-order valence-electron chi connectivity index (χ2n) is 10.5. The molecule has 0 radical (unpaired) electrons. The van der Waals surface area contributed by atoms with Crippen LogP contribution in [0, 0.1) is 0 Å². The lowest BCUT2D eigenvalue weighted by atomic mass is 10.0. The average molecular weight is 564 g/mol. The Morgan fingerprint density at radius 1 is 0.780 bits per heavy atom. The van der Waals surface area contributed by atoms with Crippen LogP contribution in [0.3, 0.4) is 0 Å². The summed E-state index contributed by atoms with van der Waals surface area (Å²) in [7, 11) is 1.96. The summed E-state index contributed by atoms with van der Waals surface area (Å²) in [6.45, 7) is 5.75. The molecule has 220 valence electrons. The van der Waals surface area contributed by atoms with Crippen molar-refractivity contribution in [3.63, 3.8) is 0 Å². The van der Waals surface area contributed by atoms with E-state index in [0.29, 0.717) is 44.6 Å². The minimum atomic E-state index is -1.01. The molecule has 2 aromatic carbocycles. The van der Waals surface area contributed by atoms with E-state index in [1.165, 1.54) is 11.8 Å². The number of hydrogen-bond donors (Lipinski definition) is 3. The molecule has 3 rings (SSSR count). The number of ketones is 1. The van der Waals surface area contributed by atoms with Crippen molar-refractivity contribution in [1.29, 1.82) is 0 Å². The van der Waals surface area contributed by atoms with Crippen molar-refractivity contribution < 1.29 is 24.0 Å². The van der Waals surface area contributed by atoms with Crippen LogP contribution in [0.2, 0.25) is 0 Å². The van der Waals surface area contributed by atoms with Crippen LogP contribution < -0.4 is 16.0 Å². The normalized spacial score (nSPS) is 15.7. The molecule has 1 aliphatic heterocycles. The average Bonchev–Trinajstić information content (AvgIpc) is 2.99. The van der Waals surface area contributed by atoms with Gasteiger partial charge in [0.05, 0.1) is 6.04 Å². The van der Waals surface area contributed by atoms with E-state index in [2.05, 4.69) is 20.9 Å². The number of benzene rings is 2. The van der Waals surface area contributed by atoms with E-state index in [9.17, 15) is 24.0 Å². The smallest absolute Gasteiger partial charge is 0.292 e. The van der Waals surface area contributed by atoms with Gasteiger partial charge in [-0.05, 0) is 38.1 Å². The van der Waals surface area contributed by atoms with E-state index in [1.807, 2.05) is 44.3 Å². The van der Waals surface area contributed by atoms with Gasteiger partial charge in [0.25, 0.3) is 11.8 Å². The number of rotatable bonds is 13. The number of Topliss-reactive ketones (excluding diaryl/α,β-unsaturated/α-hetero) is 1. The van der Waals surface area contributed by atoms with Crippen LogP contribution in [0.25, 0.3) is 0 Å².